The predicted molar refractivity (Wildman–Crippen MR) is 77.0 cm³/mol. The fraction of sp³-hybridized carbons (Fsp3) is 0.400. The minimum atomic E-state index is -0.714. The number of carbonyl (C=O) groups is 1. The number of fused-ring (bicyclic) bond motifs is 1. The lowest BCUT2D eigenvalue weighted by atomic mass is 10.1. The van der Waals surface area contributed by atoms with Crippen LogP contribution in [0.15, 0.2) is 40.3 Å². The zero-order chi connectivity index (χ0) is 15.5. The molecule has 1 amide bonds. The Bertz CT molecular complexity index is 642. The second-order valence-corrected chi connectivity index (χ2v) is 5.05. The monoisotopic (exact) mass is 303 g/mol. The summed E-state index contributed by atoms with van der Waals surface area (Å²) in [6.07, 6.45) is 0.851. The third kappa shape index (κ3) is 2.60. The first-order chi connectivity index (χ1) is 10.7. The standard InChI is InChI=1S/C15H17N3O4/c1-21-14-12(7-16-17-15(14)20)18-8-10-3-2-4-13(11(10)9-18)22-6-5-19/h2-4,7,14,19H,5-6,8-9H2,1H3. The zero-order valence-electron chi connectivity index (χ0n) is 12.2. The summed E-state index contributed by atoms with van der Waals surface area (Å²) in [5, 5.41) is 16.2. The highest BCUT2D eigenvalue weighted by Gasteiger charge is 2.33. The molecule has 2 aliphatic heterocycles. The number of nitrogens with zero attached hydrogens (tertiary/aromatic N) is 3. The Morgan fingerprint density at radius 3 is 3.05 bits per heavy atom. The van der Waals surface area contributed by atoms with E-state index in [0.717, 1.165) is 16.9 Å². The number of hydrogen-bond donors (Lipinski definition) is 1. The predicted octanol–water partition coefficient (Wildman–Crippen LogP) is 1.22. The van der Waals surface area contributed by atoms with Crippen LogP contribution in [-0.2, 0) is 22.6 Å². The van der Waals surface area contributed by atoms with Crippen molar-refractivity contribution in [1.82, 2.24) is 4.90 Å². The fourth-order valence-electron chi connectivity index (χ4n) is 2.73. The summed E-state index contributed by atoms with van der Waals surface area (Å²) in [6.45, 7) is 1.48. The third-order valence-corrected chi connectivity index (χ3v) is 3.73. The largest absolute Gasteiger partial charge is 0.491 e. The van der Waals surface area contributed by atoms with Gasteiger partial charge in [0.2, 0.25) is 0 Å². The summed E-state index contributed by atoms with van der Waals surface area (Å²) in [4.78, 5) is 13.8. The first-order valence-corrected chi connectivity index (χ1v) is 7.01. The molecule has 0 aromatic heterocycles. The highest BCUT2D eigenvalue weighted by Crippen LogP contribution is 2.34. The van der Waals surface area contributed by atoms with Gasteiger partial charge in [0.1, 0.15) is 12.4 Å². The molecule has 0 radical (unpaired) electrons. The first-order valence-electron chi connectivity index (χ1n) is 7.01. The Kier molecular flexibility index (Phi) is 4.17. The smallest absolute Gasteiger partial charge is 0.299 e. The zero-order valence-corrected chi connectivity index (χ0v) is 12.2. The summed E-state index contributed by atoms with van der Waals surface area (Å²) in [6, 6.07) is 5.82. The van der Waals surface area contributed by atoms with Crippen LogP contribution < -0.4 is 4.74 Å². The van der Waals surface area contributed by atoms with Crippen molar-refractivity contribution in [2.24, 2.45) is 10.2 Å². The van der Waals surface area contributed by atoms with Gasteiger partial charge in [0, 0.05) is 25.8 Å². The number of hydrogen-bond acceptors (Lipinski definition) is 6. The van der Waals surface area contributed by atoms with E-state index in [-0.39, 0.29) is 13.2 Å². The van der Waals surface area contributed by atoms with E-state index in [1.807, 2.05) is 23.1 Å². The van der Waals surface area contributed by atoms with Crippen LogP contribution in [0, 0.1) is 0 Å². The fourth-order valence-corrected chi connectivity index (χ4v) is 2.73. The molecule has 0 spiro atoms. The van der Waals surface area contributed by atoms with Crippen molar-refractivity contribution in [3.8, 4) is 5.75 Å². The van der Waals surface area contributed by atoms with E-state index in [9.17, 15) is 4.79 Å². The van der Waals surface area contributed by atoms with Gasteiger partial charge in [-0.25, -0.2) is 0 Å². The third-order valence-electron chi connectivity index (χ3n) is 3.73. The van der Waals surface area contributed by atoms with Gasteiger partial charge in [0.05, 0.1) is 18.5 Å². The first kappa shape index (κ1) is 14.7. The van der Waals surface area contributed by atoms with Crippen molar-refractivity contribution in [3.05, 3.63) is 41.2 Å². The number of carbonyl (C=O) groups excluding carboxylic acids is 1. The summed E-state index contributed by atoms with van der Waals surface area (Å²) < 4.78 is 10.8. The van der Waals surface area contributed by atoms with Gasteiger partial charge in [-0.05, 0) is 11.6 Å². The molecular weight excluding hydrogens is 286 g/mol. The molecule has 7 heteroatoms. The molecule has 0 saturated heterocycles. The van der Waals surface area contributed by atoms with E-state index in [2.05, 4.69) is 10.2 Å². The second kappa shape index (κ2) is 6.25. The minimum absolute atomic E-state index is 0.0286. The maximum atomic E-state index is 11.8. The Labute approximate surface area is 127 Å². The molecule has 0 fully saturated rings. The van der Waals surface area contributed by atoms with Gasteiger partial charge >= 0.3 is 0 Å². The van der Waals surface area contributed by atoms with Crippen LogP contribution in [0.4, 0.5) is 0 Å². The maximum absolute atomic E-state index is 11.8. The lowest BCUT2D eigenvalue weighted by Gasteiger charge is -2.26. The molecule has 1 atom stereocenters. The average molecular weight is 303 g/mol. The number of aliphatic hydroxyl groups is 1. The van der Waals surface area contributed by atoms with Gasteiger partial charge in [0.15, 0.2) is 6.10 Å². The van der Waals surface area contributed by atoms with Gasteiger partial charge < -0.3 is 19.5 Å². The van der Waals surface area contributed by atoms with Gasteiger partial charge in [-0.15, -0.1) is 5.11 Å². The van der Waals surface area contributed by atoms with Crippen molar-refractivity contribution in [2.45, 2.75) is 19.2 Å². The van der Waals surface area contributed by atoms with Crippen LogP contribution in [0.2, 0.25) is 0 Å². The average Bonchev–Trinajstić information content (AvgIpc) is 2.97. The molecule has 1 N–H and O–H groups in total. The number of benzene rings is 1. The van der Waals surface area contributed by atoms with E-state index in [1.165, 1.54) is 7.11 Å². The van der Waals surface area contributed by atoms with Gasteiger partial charge in [-0.3, -0.25) is 4.79 Å². The van der Waals surface area contributed by atoms with Crippen LogP contribution in [0.5, 0.6) is 5.75 Å². The van der Waals surface area contributed by atoms with Crippen molar-refractivity contribution < 1.29 is 19.4 Å². The number of aliphatic hydroxyl groups excluding tert-OH is 1. The quantitative estimate of drug-likeness (QED) is 0.884. The normalized spacial score (nSPS) is 20.1. The van der Waals surface area contributed by atoms with E-state index >= 15 is 0 Å². The van der Waals surface area contributed by atoms with Crippen LogP contribution in [0.25, 0.3) is 0 Å². The molecule has 0 aliphatic carbocycles. The van der Waals surface area contributed by atoms with E-state index < -0.39 is 12.0 Å². The van der Waals surface area contributed by atoms with Crippen molar-refractivity contribution >= 4 is 5.91 Å². The summed E-state index contributed by atoms with van der Waals surface area (Å²) in [5.74, 6) is 0.361. The van der Waals surface area contributed by atoms with Crippen molar-refractivity contribution in [2.75, 3.05) is 20.3 Å². The van der Waals surface area contributed by atoms with E-state index in [1.54, 1.807) is 6.20 Å². The molecule has 1 aromatic rings. The minimum Gasteiger partial charge on any atom is -0.491 e. The second-order valence-electron chi connectivity index (χ2n) is 5.05. The summed E-state index contributed by atoms with van der Waals surface area (Å²) in [5.41, 5.74) is 2.88. The molecule has 1 unspecified atom stereocenters. The van der Waals surface area contributed by atoms with Crippen molar-refractivity contribution in [1.29, 1.82) is 0 Å². The Balaban J connectivity index is 1.84. The van der Waals surface area contributed by atoms with Crippen LogP contribution in [-0.4, -0.2) is 42.3 Å². The Morgan fingerprint density at radius 1 is 1.41 bits per heavy atom. The maximum Gasteiger partial charge on any atom is 0.299 e. The summed E-state index contributed by atoms with van der Waals surface area (Å²) >= 11 is 0. The molecule has 116 valence electrons. The van der Waals surface area contributed by atoms with Gasteiger partial charge in [-0.1, -0.05) is 12.1 Å². The number of rotatable bonds is 5. The van der Waals surface area contributed by atoms with E-state index in [4.69, 9.17) is 14.6 Å². The van der Waals surface area contributed by atoms with Crippen LogP contribution in [0.1, 0.15) is 11.1 Å². The molecule has 0 saturated carbocycles. The molecule has 1 aromatic carbocycles. The lowest BCUT2D eigenvalue weighted by molar-refractivity contribution is -0.127. The Hall–Kier alpha value is -2.25. The van der Waals surface area contributed by atoms with Gasteiger partial charge in [-0.2, -0.15) is 5.11 Å². The molecule has 22 heavy (non-hydrogen) atoms. The van der Waals surface area contributed by atoms with Gasteiger partial charge in [0.25, 0.3) is 5.91 Å². The molecule has 0 bridgehead atoms. The molecule has 3 rings (SSSR count). The lowest BCUT2D eigenvalue weighted by Crippen LogP contribution is -2.34. The summed E-state index contributed by atoms with van der Waals surface area (Å²) in [7, 11) is 1.48. The van der Waals surface area contributed by atoms with E-state index in [0.29, 0.717) is 18.8 Å². The highest BCUT2D eigenvalue weighted by atomic mass is 16.5. The number of ether oxygens (including phenoxy) is 2. The van der Waals surface area contributed by atoms with Crippen LogP contribution >= 0.6 is 0 Å². The SMILES string of the molecule is COC1C(=O)N=NC=C1N1Cc2cccc(OCCO)c2C1. The molecule has 7 nitrogen and oxygen atoms in total. The molecule has 2 aliphatic rings. The number of azo groups is 1. The topological polar surface area (TPSA) is 83.7 Å². The number of amides is 1. The van der Waals surface area contributed by atoms with Crippen LogP contribution in [0.3, 0.4) is 0 Å². The highest BCUT2D eigenvalue weighted by molar-refractivity contribution is 5.85. The Morgan fingerprint density at radius 2 is 2.27 bits per heavy atom. The number of methoxy groups -OCH3 is 1. The van der Waals surface area contributed by atoms with Crippen molar-refractivity contribution in [3.63, 3.8) is 0 Å². The molecule has 2 heterocycles. The molecular formula is C15H17N3O4.